The van der Waals surface area contributed by atoms with Crippen molar-refractivity contribution in [3.05, 3.63) is 35.9 Å². The first kappa shape index (κ1) is 14.4. The Morgan fingerprint density at radius 1 is 1.29 bits per heavy atom. The lowest BCUT2D eigenvalue weighted by Gasteiger charge is -2.30. The first-order chi connectivity index (χ1) is 10.1. The predicted octanol–water partition coefficient (Wildman–Crippen LogP) is 1.45. The molecule has 1 aliphatic heterocycles. The lowest BCUT2D eigenvalue weighted by atomic mass is 10.1. The van der Waals surface area contributed by atoms with Crippen molar-refractivity contribution < 1.29 is 14.7 Å². The fourth-order valence-corrected chi connectivity index (χ4v) is 4.34. The Kier molecular flexibility index (Phi) is 3.91. The minimum atomic E-state index is -0.945. The molecule has 1 aliphatic carbocycles. The topological polar surface area (TPSA) is 83.6 Å². The number of rotatable bonds is 4. The number of aliphatic carboxylic acids is 1. The summed E-state index contributed by atoms with van der Waals surface area (Å²) in [5, 5.41) is 9.32. The summed E-state index contributed by atoms with van der Waals surface area (Å²) in [6.07, 6.45) is 2.13. The molecule has 0 aromatic heterocycles. The summed E-state index contributed by atoms with van der Waals surface area (Å²) in [4.78, 5) is 25.7. The van der Waals surface area contributed by atoms with Crippen LogP contribution < -0.4 is 5.73 Å². The van der Waals surface area contributed by atoms with Gasteiger partial charge in [0.15, 0.2) is 0 Å². The van der Waals surface area contributed by atoms with E-state index in [9.17, 15) is 14.7 Å². The number of thioether (sulfide) groups is 1. The second kappa shape index (κ2) is 5.69. The number of nitrogens with zero attached hydrogens (tertiary/aromatic N) is 1. The molecule has 112 valence electrons. The van der Waals surface area contributed by atoms with Crippen LogP contribution in [0, 0.1) is 5.92 Å². The molecule has 1 saturated carbocycles. The summed E-state index contributed by atoms with van der Waals surface area (Å²) in [5.41, 5.74) is 6.79. The van der Waals surface area contributed by atoms with Gasteiger partial charge in [0, 0.05) is 5.75 Å². The van der Waals surface area contributed by atoms with E-state index in [1.807, 2.05) is 18.2 Å². The Labute approximate surface area is 127 Å². The van der Waals surface area contributed by atoms with Crippen LogP contribution in [-0.2, 0) is 9.59 Å². The van der Waals surface area contributed by atoms with Crippen LogP contribution in [0.1, 0.15) is 24.4 Å². The fraction of sp³-hybridized carbons (Fsp3) is 0.467. The van der Waals surface area contributed by atoms with Crippen LogP contribution in [0.5, 0.6) is 0 Å². The minimum Gasteiger partial charge on any atom is -0.480 e. The molecule has 0 bridgehead atoms. The monoisotopic (exact) mass is 306 g/mol. The largest absolute Gasteiger partial charge is 0.480 e. The number of carboxylic acids is 1. The summed E-state index contributed by atoms with van der Waals surface area (Å²) in [6, 6.07) is 7.56. The molecule has 2 aliphatic rings. The van der Waals surface area contributed by atoms with Gasteiger partial charge in [-0.05, 0) is 24.3 Å². The van der Waals surface area contributed by atoms with Gasteiger partial charge in [-0.25, -0.2) is 4.79 Å². The molecule has 21 heavy (non-hydrogen) atoms. The number of hydrogen-bond donors (Lipinski definition) is 2. The second-order valence-corrected chi connectivity index (χ2v) is 6.70. The minimum absolute atomic E-state index is 0.0339. The van der Waals surface area contributed by atoms with Crippen molar-refractivity contribution in [3.8, 4) is 0 Å². The summed E-state index contributed by atoms with van der Waals surface area (Å²) in [6.45, 7) is 0. The molecule has 2 fully saturated rings. The van der Waals surface area contributed by atoms with Gasteiger partial charge in [0.2, 0.25) is 5.91 Å². The van der Waals surface area contributed by atoms with E-state index in [-0.39, 0.29) is 11.3 Å². The molecular formula is C15H18N2O3S. The first-order valence-electron chi connectivity index (χ1n) is 7.06. The van der Waals surface area contributed by atoms with Crippen LogP contribution in [0.25, 0.3) is 0 Å². The molecule has 0 radical (unpaired) electrons. The molecular weight excluding hydrogens is 288 g/mol. The van der Waals surface area contributed by atoms with Crippen LogP contribution in [-0.4, -0.2) is 39.1 Å². The Bertz CT molecular complexity index is 547. The zero-order valence-electron chi connectivity index (χ0n) is 11.5. The molecule has 5 nitrogen and oxygen atoms in total. The highest BCUT2D eigenvalue weighted by atomic mass is 32.2. The molecule has 1 saturated heterocycles. The molecule has 3 N–H and O–H groups in total. The van der Waals surface area contributed by atoms with Gasteiger partial charge in [0.1, 0.15) is 12.1 Å². The van der Waals surface area contributed by atoms with Gasteiger partial charge in [-0.3, -0.25) is 4.79 Å². The molecule has 1 heterocycles. The third-order valence-electron chi connectivity index (χ3n) is 4.02. The van der Waals surface area contributed by atoms with Gasteiger partial charge in [0.05, 0.1) is 5.37 Å². The van der Waals surface area contributed by atoms with Gasteiger partial charge in [0.25, 0.3) is 0 Å². The van der Waals surface area contributed by atoms with Gasteiger partial charge in [-0.2, -0.15) is 0 Å². The highest BCUT2D eigenvalue weighted by Gasteiger charge is 2.48. The Hall–Kier alpha value is -1.53. The lowest BCUT2D eigenvalue weighted by molar-refractivity contribution is -0.150. The number of hydrogen-bond acceptors (Lipinski definition) is 4. The maximum absolute atomic E-state index is 12.7. The smallest absolute Gasteiger partial charge is 0.327 e. The fourth-order valence-electron chi connectivity index (χ4n) is 2.71. The molecule has 6 heteroatoms. The average Bonchev–Trinajstić information content (AvgIpc) is 3.24. The van der Waals surface area contributed by atoms with E-state index >= 15 is 0 Å². The number of benzene rings is 1. The molecule has 3 unspecified atom stereocenters. The number of carbonyl (C=O) groups is 2. The van der Waals surface area contributed by atoms with E-state index in [0.29, 0.717) is 11.7 Å². The van der Waals surface area contributed by atoms with E-state index in [4.69, 9.17) is 5.73 Å². The van der Waals surface area contributed by atoms with Crippen molar-refractivity contribution in [2.75, 3.05) is 5.75 Å². The molecule has 1 aromatic carbocycles. The van der Waals surface area contributed by atoms with E-state index in [0.717, 1.165) is 18.4 Å². The predicted molar refractivity (Wildman–Crippen MR) is 80.6 cm³/mol. The number of carbonyl (C=O) groups excluding carboxylic acids is 1. The van der Waals surface area contributed by atoms with E-state index in [1.54, 1.807) is 23.9 Å². The zero-order valence-corrected chi connectivity index (χ0v) is 12.3. The van der Waals surface area contributed by atoms with Gasteiger partial charge in [-0.1, -0.05) is 30.3 Å². The first-order valence-corrected chi connectivity index (χ1v) is 8.11. The summed E-state index contributed by atoms with van der Waals surface area (Å²) >= 11 is 1.57. The van der Waals surface area contributed by atoms with E-state index in [2.05, 4.69) is 0 Å². The van der Waals surface area contributed by atoms with Gasteiger partial charge in [-0.15, -0.1) is 11.8 Å². The molecule has 3 rings (SSSR count). The normalized spacial score (nSPS) is 26.6. The molecule has 0 spiro atoms. The van der Waals surface area contributed by atoms with Crippen molar-refractivity contribution in [3.63, 3.8) is 0 Å². The Balaban J connectivity index is 1.84. The average molecular weight is 306 g/mol. The molecule has 1 aromatic rings. The quantitative estimate of drug-likeness (QED) is 0.879. The molecule has 1 amide bonds. The Morgan fingerprint density at radius 3 is 2.52 bits per heavy atom. The zero-order chi connectivity index (χ0) is 15.0. The Morgan fingerprint density at radius 2 is 1.95 bits per heavy atom. The summed E-state index contributed by atoms with van der Waals surface area (Å²) in [5.74, 6) is -0.356. The SMILES string of the molecule is NC(C(=O)N1C(C(=O)O)CSC1C1CC1)c1ccccc1. The number of nitrogens with two attached hydrogens (primary N) is 1. The van der Waals surface area contributed by atoms with Crippen LogP contribution in [0.15, 0.2) is 30.3 Å². The van der Waals surface area contributed by atoms with E-state index < -0.39 is 18.1 Å². The van der Waals surface area contributed by atoms with Gasteiger partial charge >= 0.3 is 5.97 Å². The van der Waals surface area contributed by atoms with Crippen molar-refractivity contribution in [2.45, 2.75) is 30.3 Å². The van der Waals surface area contributed by atoms with Gasteiger partial charge < -0.3 is 15.7 Å². The van der Waals surface area contributed by atoms with Crippen LogP contribution >= 0.6 is 11.8 Å². The molecule has 3 atom stereocenters. The maximum atomic E-state index is 12.7. The number of carboxylic acid groups (broad SMARTS) is 1. The highest BCUT2D eigenvalue weighted by molar-refractivity contribution is 8.00. The standard InChI is InChI=1S/C15H18N2O3S/c16-12(9-4-2-1-3-5-9)13(18)17-11(15(19)20)8-21-14(17)10-6-7-10/h1-5,10-12,14H,6-8,16H2,(H,19,20). The van der Waals surface area contributed by atoms with E-state index in [1.165, 1.54) is 4.90 Å². The number of amides is 1. The lowest BCUT2D eigenvalue weighted by Crippen LogP contribution is -2.49. The van der Waals surface area contributed by atoms with Crippen molar-refractivity contribution >= 4 is 23.6 Å². The van der Waals surface area contributed by atoms with Crippen molar-refractivity contribution in [1.82, 2.24) is 4.90 Å². The van der Waals surface area contributed by atoms with Crippen LogP contribution in [0.4, 0.5) is 0 Å². The maximum Gasteiger partial charge on any atom is 0.327 e. The van der Waals surface area contributed by atoms with Crippen LogP contribution in [0.3, 0.4) is 0 Å². The second-order valence-electron chi connectivity index (χ2n) is 5.55. The van der Waals surface area contributed by atoms with Crippen LogP contribution in [0.2, 0.25) is 0 Å². The van der Waals surface area contributed by atoms with Crippen molar-refractivity contribution in [1.29, 1.82) is 0 Å². The third-order valence-corrected chi connectivity index (χ3v) is 5.49. The summed E-state index contributed by atoms with van der Waals surface area (Å²) < 4.78 is 0. The summed E-state index contributed by atoms with van der Waals surface area (Å²) in [7, 11) is 0. The highest BCUT2D eigenvalue weighted by Crippen LogP contribution is 2.46. The third kappa shape index (κ3) is 2.78. The van der Waals surface area contributed by atoms with Crippen molar-refractivity contribution in [2.24, 2.45) is 11.7 Å².